The third-order valence-corrected chi connectivity index (χ3v) is 4.58. The molecule has 0 bridgehead atoms. The average Bonchev–Trinajstić information content (AvgIpc) is 2.53. The first kappa shape index (κ1) is 18.9. The average molecular weight is 338 g/mol. The van der Waals surface area contributed by atoms with Gasteiger partial charge in [0, 0.05) is 19.6 Å². The van der Waals surface area contributed by atoms with Crippen LogP contribution in [0.25, 0.3) is 0 Å². The van der Waals surface area contributed by atoms with Crippen LogP contribution in [-0.4, -0.2) is 46.0 Å². The Morgan fingerprint density at radius 2 is 1.91 bits per heavy atom. The first-order valence-electron chi connectivity index (χ1n) is 7.10. The molecule has 0 aliphatic carbocycles. The van der Waals surface area contributed by atoms with Crippen molar-refractivity contribution in [1.82, 2.24) is 9.62 Å². The summed E-state index contributed by atoms with van der Waals surface area (Å²) < 4.78 is 31.8. The van der Waals surface area contributed by atoms with Crippen LogP contribution in [0.2, 0.25) is 0 Å². The summed E-state index contributed by atoms with van der Waals surface area (Å²) in [5, 5.41) is 0. The summed E-state index contributed by atoms with van der Waals surface area (Å²) in [6, 6.07) is 4.19. The molecule has 23 heavy (non-hydrogen) atoms. The number of amides is 1. The Morgan fingerprint density at radius 3 is 2.39 bits per heavy atom. The van der Waals surface area contributed by atoms with Gasteiger partial charge in [0.05, 0.1) is 17.6 Å². The number of sulfonamides is 1. The minimum Gasteiger partial charge on any atom is -0.496 e. The van der Waals surface area contributed by atoms with E-state index in [4.69, 9.17) is 4.74 Å². The lowest BCUT2D eigenvalue weighted by Crippen LogP contribution is -2.32. The van der Waals surface area contributed by atoms with Gasteiger partial charge in [0.1, 0.15) is 5.75 Å². The van der Waals surface area contributed by atoms with Gasteiger partial charge in [0.25, 0.3) is 5.91 Å². The van der Waals surface area contributed by atoms with Crippen LogP contribution in [0.1, 0.15) is 17.3 Å². The van der Waals surface area contributed by atoms with Crippen LogP contribution in [0.3, 0.4) is 0 Å². The molecular formula is C16H22N2O4S. The van der Waals surface area contributed by atoms with E-state index in [1.54, 1.807) is 19.1 Å². The van der Waals surface area contributed by atoms with Crippen molar-refractivity contribution in [2.75, 3.05) is 26.7 Å². The van der Waals surface area contributed by atoms with Crippen LogP contribution in [0.4, 0.5) is 0 Å². The molecule has 1 aromatic carbocycles. The normalized spacial score (nSPS) is 10.9. The third-order valence-electron chi connectivity index (χ3n) is 3.03. The first-order valence-corrected chi connectivity index (χ1v) is 8.58. The van der Waals surface area contributed by atoms with E-state index in [-0.39, 0.29) is 22.9 Å². The Hall–Kier alpha value is -2.12. The van der Waals surface area contributed by atoms with Crippen molar-refractivity contribution in [2.24, 2.45) is 0 Å². The van der Waals surface area contributed by atoms with Crippen LogP contribution in [0.15, 0.2) is 48.4 Å². The molecule has 0 saturated carbocycles. The first-order chi connectivity index (χ1) is 10.9. The lowest BCUT2D eigenvalue weighted by atomic mass is 10.1. The second kappa shape index (κ2) is 8.50. The molecule has 1 rings (SSSR count). The fourth-order valence-corrected chi connectivity index (χ4v) is 3.08. The van der Waals surface area contributed by atoms with Crippen molar-refractivity contribution in [1.29, 1.82) is 0 Å². The van der Waals surface area contributed by atoms with Crippen molar-refractivity contribution in [3.63, 3.8) is 0 Å². The Morgan fingerprint density at radius 1 is 1.30 bits per heavy atom. The summed E-state index contributed by atoms with van der Waals surface area (Å²) in [7, 11) is -2.23. The molecule has 7 heteroatoms. The number of hydrogen-bond donors (Lipinski definition) is 1. The molecule has 0 atom stereocenters. The standard InChI is InChI=1S/C16H22N2O4S/c1-5-10-18(11-6-2)16(19)14-12-13(8-9-15(14)22-4)23(20,21)17-7-3/h5-6,8-9,12,17H,1-2,7,10-11H2,3-4H3. The topological polar surface area (TPSA) is 75.7 Å². The lowest BCUT2D eigenvalue weighted by Gasteiger charge is -2.21. The number of benzene rings is 1. The molecule has 0 fully saturated rings. The SMILES string of the molecule is C=CCN(CC=C)C(=O)c1cc(S(=O)(=O)NCC)ccc1OC. The maximum Gasteiger partial charge on any atom is 0.258 e. The summed E-state index contributed by atoms with van der Waals surface area (Å²) in [5.41, 5.74) is 0.176. The van der Waals surface area contributed by atoms with Gasteiger partial charge in [-0.1, -0.05) is 19.1 Å². The highest BCUT2D eigenvalue weighted by Crippen LogP contribution is 2.24. The van der Waals surface area contributed by atoms with E-state index >= 15 is 0 Å². The van der Waals surface area contributed by atoms with E-state index in [0.717, 1.165) is 0 Å². The van der Waals surface area contributed by atoms with Crippen LogP contribution >= 0.6 is 0 Å². The minimum atomic E-state index is -3.66. The molecule has 0 radical (unpaired) electrons. The van der Waals surface area contributed by atoms with E-state index < -0.39 is 10.0 Å². The second-order valence-electron chi connectivity index (χ2n) is 4.65. The Kier molecular flexibility index (Phi) is 6.99. The molecule has 0 aliphatic heterocycles. The number of nitrogens with zero attached hydrogens (tertiary/aromatic N) is 1. The van der Waals surface area contributed by atoms with Gasteiger partial charge in [0.2, 0.25) is 10.0 Å². The van der Waals surface area contributed by atoms with Gasteiger partial charge < -0.3 is 9.64 Å². The molecule has 0 unspecified atom stereocenters. The fraction of sp³-hybridized carbons (Fsp3) is 0.312. The van der Waals surface area contributed by atoms with Crippen LogP contribution in [0.5, 0.6) is 5.75 Å². The van der Waals surface area contributed by atoms with E-state index in [2.05, 4.69) is 17.9 Å². The molecule has 0 aliphatic rings. The number of methoxy groups -OCH3 is 1. The van der Waals surface area contributed by atoms with E-state index in [9.17, 15) is 13.2 Å². The van der Waals surface area contributed by atoms with Crippen molar-refractivity contribution < 1.29 is 17.9 Å². The monoisotopic (exact) mass is 338 g/mol. The van der Waals surface area contributed by atoms with Crippen molar-refractivity contribution in [2.45, 2.75) is 11.8 Å². The number of rotatable bonds is 9. The fourth-order valence-electron chi connectivity index (χ4n) is 2.02. The van der Waals surface area contributed by atoms with Gasteiger partial charge in [-0.15, -0.1) is 13.2 Å². The number of ether oxygens (including phenoxy) is 1. The number of hydrogen-bond acceptors (Lipinski definition) is 4. The zero-order chi connectivity index (χ0) is 17.5. The molecule has 1 N–H and O–H groups in total. The maximum atomic E-state index is 12.7. The third kappa shape index (κ3) is 4.67. The number of nitrogens with one attached hydrogen (secondary N) is 1. The summed E-state index contributed by atoms with van der Waals surface area (Å²) in [5.74, 6) is -0.0428. The quantitative estimate of drug-likeness (QED) is 0.697. The minimum absolute atomic E-state index is 0.0145. The highest BCUT2D eigenvalue weighted by atomic mass is 32.2. The molecule has 0 heterocycles. The summed E-state index contributed by atoms with van der Waals surface area (Å²) >= 11 is 0. The predicted octanol–water partition coefficient (Wildman–Crippen LogP) is 1.81. The molecule has 0 aromatic heterocycles. The molecule has 0 saturated heterocycles. The molecular weight excluding hydrogens is 316 g/mol. The zero-order valence-electron chi connectivity index (χ0n) is 13.4. The summed E-state index contributed by atoms with van der Waals surface area (Å²) in [4.78, 5) is 14.2. The van der Waals surface area contributed by atoms with E-state index in [0.29, 0.717) is 18.8 Å². The zero-order valence-corrected chi connectivity index (χ0v) is 14.2. The predicted molar refractivity (Wildman–Crippen MR) is 90.2 cm³/mol. The summed E-state index contributed by atoms with van der Waals surface area (Å²) in [6.45, 7) is 9.81. The van der Waals surface area contributed by atoms with Crippen molar-refractivity contribution >= 4 is 15.9 Å². The van der Waals surface area contributed by atoms with Crippen molar-refractivity contribution in [3.05, 3.63) is 49.1 Å². The van der Waals surface area contributed by atoms with Crippen molar-refractivity contribution in [3.8, 4) is 5.75 Å². The van der Waals surface area contributed by atoms with Gasteiger partial charge in [-0.2, -0.15) is 0 Å². The molecule has 6 nitrogen and oxygen atoms in total. The van der Waals surface area contributed by atoms with Crippen LogP contribution < -0.4 is 9.46 Å². The highest BCUT2D eigenvalue weighted by Gasteiger charge is 2.22. The van der Waals surface area contributed by atoms with E-state index in [1.165, 1.54) is 30.2 Å². The molecule has 126 valence electrons. The Bertz CT molecular complexity index is 673. The lowest BCUT2D eigenvalue weighted by molar-refractivity contribution is 0.0787. The number of carbonyl (C=O) groups excluding carboxylic acids is 1. The Labute approximate surface area is 137 Å². The summed E-state index contributed by atoms with van der Waals surface area (Å²) in [6.07, 6.45) is 3.18. The highest BCUT2D eigenvalue weighted by molar-refractivity contribution is 7.89. The van der Waals surface area contributed by atoms with Gasteiger partial charge >= 0.3 is 0 Å². The van der Waals surface area contributed by atoms with Gasteiger partial charge in [-0.05, 0) is 18.2 Å². The number of carbonyl (C=O) groups is 1. The molecule has 1 amide bonds. The van der Waals surface area contributed by atoms with E-state index in [1.807, 2.05) is 0 Å². The largest absolute Gasteiger partial charge is 0.496 e. The maximum absolute atomic E-state index is 12.7. The Balaban J connectivity index is 3.34. The second-order valence-corrected chi connectivity index (χ2v) is 6.42. The van der Waals surface area contributed by atoms with Gasteiger partial charge in [0.15, 0.2) is 0 Å². The smallest absolute Gasteiger partial charge is 0.258 e. The molecule has 0 spiro atoms. The molecule has 1 aromatic rings. The van der Waals surface area contributed by atoms with Crippen LogP contribution in [-0.2, 0) is 10.0 Å². The van der Waals surface area contributed by atoms with Gasteiger partial charge in [-0.25, -0.2) is 13.1 Å². The van der Waals surface area contributed by atoms with Gasteiger partial charge in [-0.3, -0.25) is 4.79 Å². The van der Waals surface area contributed by atoms with Crippen LogP contribution in [0, 0.1) is 0 Å².